The van der Waals surface area contributed by atoms with Crippen LogP contribution in [-0.4, -0.2) is 24.5 Å². The molecule has 1 aromatic heterocycles. The molecule has 134 valence electrons. The Morgan fingerprint density at radius 3 is 2.56 bits per heavy atom. The molecular formula is C19H24N2O3S. The van der Waals surface area contributed by atoms with Gasteiger partial charge in [0.1, 0.15) is 0 Å². The quantitative estimate of drug-likeness (QED) is 0.760. The van der Waals surface area contributed by atoms with E-state index in [0.717, 1.165) is 16.0 Å². The van der Waals surface area contributed by atoms with Crippen LogP contribution in [-0.2, 0) is 22.7 Å². The van der Waals surface area contributed by atoms with Gasteiger partial charge in [-0.15, -0.1) is 11.3 Å². The van der Waals surface area contributed by atoms with E-state index in [4.69, 9.17) is 4.74 Å². The van der Waals surface area contributed by atoms with E-state index < -0.39 is 0 Å². The number of ether oxygens (including phenoxy) is 1. The van der Waals surface area contributed by atoms with Crippen molar-refractivity contribution in [2.24, 2.45) is 0 Å². The molecule has 5 nitrogen and oxygen atoms in total. The van der Waals surface area contributed by atoms with Gasteiger partial charge in [0.15, 0.2) is 0 Å². The van der Waals surface area contributed by atoms with Crippen molar-refractivity contribution in [1.82, 2.24) is 10.6 Å². The van der Waals surface area contributed by atoms with Gasteiger partial charge in [-0.25, -0.2) is 0 Å². The molecule has 6 heteroatoms. The van der Waals surface area contributed by atoms with Gasteiger partial charge in [-0.1, -0.05) is 24.3 Å². The Balaban J connectivity index is 1.76. The van der Waals surface area contributed by atoms with Crippen molar-refractivity contribution in [3.05, 3.63) is 57.3 Å². The first-order valence-corrected chi connectivity index (χ1v) is 9.06. The Bertz CT molecular complexity index is 725. The summed E-state index contributed by atoms with van der Waals surface area (Å²) in [5, 5.41) is 5.44. The van der Waals surface area contributed by atoms with E-state index in [0.29, 0.717) is 18.0 Å². The fourth-order valence-corrected chi connectivity index (χ4v) is 2.94. The van der Waals surface area contributed by atoms with Crippen LogP contribution in [0.15, 0.2) is 36.4 Å². The largest absolute Gasteiger partial charge is 0.374 e. The fourth-order valence-electron chi connectivity index (χ4n) is 2.16. The molecule has 2 N–H and O–H groups in total. The van der Waals surface area contributed by atoms with Crippen LogP contribution in [0, 0.1) is 6.92 Å². The Hall–Kier alpha value is -2.18. The van der Waals surface area contributed by atoms with E-state index in [9.17, 15) is 9.59 Å². The second-order valence-corrected chi connectivity index (χ2v) is 7.34. The Morgan fingerprint density at radius 1 is 1.12 bits per heavy atom. The zero-order valence-electron chi connectivity index (χ0n) is 14.8. The first kappa shape index (κ1) is 19.1. The minimum Gasteiger partial charge on any atom is -0.374 e. The summed E-state index contributed by atoms with van der Waals surface area (Å²) >= 11 is 1.41. The van der Waals surface area contributed by atoms with Crippen LogP contribution in [0.3, 0.4) is 0 Å². The summed E-state index contributed by atoms with van der Waals surface area (Å²) < 4.78 is 5.58. The molecule has 1 aromatic carbocycles. The number of amides is 2. The summed E-state index contributed by atoms with van der Waals surface area (Å²) in [6, 6.07) is 11.5. The molecule has 0 spiro atoms. The van der Waals surface area contributed by atoms with E-state index >= 15 is 0 Å². The second kappa shape index (κ2) is 9.34. The fraction of sp³-hybridized carbons (Fsp3) is 0.368. The zero-order valence-corrected chi connectivity index (χ0v) is 15.6. The summed E-state index contributed by atoms with van der Waals surface area (Å²) in [5.74, 6) is -0.438. The number of hydrogen-bond acceptors (Lipinski definition) is 4. The van der Waals surface area contributed by atoms with Crippen LogP contribution in [0.5, 0.6) is 0 Å². The summed E-state index contributed by atoms with van der Waals surface area (Å²) in [7, 11) is 0. The lowest BCUT2D eigenvalue weighted by Gasteiger charge is -2.10. The number of thiophene rings is 1. The molecule has 2 rings (SSSR count). The molecule has 2 aromatic rings. The summed E-state index contributed by atoms with van der Waals surface area (Å²) in [6.07, 6.45) is 0.180. The molecule has 0 aliphatic heterocycles. The van der Waals surface area contributed by atoms with Gasteiger partial charge in [-0.2, -0.15) is 0 Å². The maximum absolute atomic E-state index is 11.9. The number of hydrogen-bond donors (Lipinski definition) is 2. The van der Waals surface area contributed by atoms with E-state index in [-0.39, 0.29) is 24.5 Å². The van der Waals surface area contributed by atoms with Gasteiger partial charge >= 0.3 is 0 Å². The maximum atomic E-state index is 11.9. The normalized spacial score (nSPS) is 10.7. The summed E-state index contributed by atoms with van der Waals surface area (Å²) in [4.78, 5) is 25.5. The molecule has 1 heterocycles. The molecule has 0 fully saturated rings. The highest BCUT2D eigenvalue weighted by atomic mass is 32.1. The monoisotopic (exact) mass is 360 g/mol. The van der Waals surface area contributed by atoms with Gasteiger partial charge in [0.2, 0.25) is 5.91 Å². The molecular weight excluding hydrogens is 336 g/mol. The van der Waals surface area contributed by atoms with Crippen LogP contribution in [0.1, 0.15) is 39.5 Å². The minimum atomic E-state index is -0.221. The lowest BCUT2D eigenvalue weighted by Crippen LogP contribution is -2.36. The van der Waals surface area contributed by atoms with E-state index in [1.807, 2.05) is 51.1 Å². The second-order valence-electron chi connectivity index (χ2n) is 6.05. The third-order valence-corrected chi connectivity index (χ3v) is 4.44. The molecule has 0 bridgehead atoms. The van der Waals surface area contributed by atoms with Crippen molar-refractivity contribution in [2.75, 3.05) is 6.54 Å². The standard InChI is InChI=1S/C19H24N2O3S/c1-13(2)24-12-16-6-4-5-15(9-16)10-20-18(22)11-21-19(23)17-8-7-14(3)25-17/h4-9,13H,10-12H2,1-3H3,(H,20,22)(H,21,23). The maximum Gasteiger partial charge on any atom is 0.261 e. The molecule has 0 radical (unpaired) electrons. The zero-order chi connectivity index (χ0) is 18.2. The van der Waals surface area contributed by atoms with Crippen LogP contribution >= 0.6 is 11.3 Å². The smallest absolute Gasteiger partial charge is 0.261 e. The van der Waals surface area contributed by atoms with E-state index in [2.05, 4.69) is 10.6 Å². The number of nitrogens with one attached hydrogen (secondary N) is 2. The SMILES string of the molecule is Cc1ccc(C(=O)NCC(=O)NCc2cccc(COC(C)C)c2)s1. The number of benzene rings is 1. The average Bonchev–Trinajstić information content (AvgIpc) is 3.03. The van der Waals surface area contributed by atoms with Gasteiger partial charge in [-0.05, 0) is 44.0 Å². The third-order valence-electron chi connectivity index (χ3n) is 3.44. The number of carbonyl (C=O) groups is 2. The molecule has 2 amide bonds. The van der Waals surface area contributed by atoms with Crippen LogP contribution in [0.2, 0.25) is 0 Å². The molecule has 0 saturated heterocycles. The van der Waals surface area contributed by atoms with Gasteiger partial charge in [0.25, 0.3) is 5.91 Å². The highest BCUT2D eigenvalue weighted by molar-refractivity contribution is 7.13. The van der Waals surface area contributed by atoms with Crippen LogP contribution < -0.4 is 10.6 Å². The molecule has 0 aliphatic carbocycles. The van der Waals surface area contributed by atoms with Gasteiger partial charge in [-0.3, -0.25) is 9.59 Å². The molecule has 0 unspecified atom stereocenters. The van der Waals surface area contributed by atoms with Crippen molar-refractivity contribution in [1.29, 1.82) is 0 Å². The van der Waals surface area contributed by atoms with E-state index in [1.54, 1.807) is 6.07 Å². The topological polar surface area (TPSA) is 67.4 Å². The van der Waals surface area contributed by atoms with Crippen molar-refractivity contribution >= 4 is 23.2 Å². The number of rotatable bonds is 8. The van der Waals surface area contributed by atoms with Crippen molar-refractivity contribution in [3.63, 3.8) is 0 Å². The molecule has 0 aliphatic rings. The van der Waals surface area contributed by atoms with Crippen LogP contribution in [0.25, 0.3) is 0 Å². The molecule has 0 saturated carbocycles. The Labute approximate surface area is 152 Å². The lowest BCUT2D eigenvalue weighted by molar-refractivity contribution is -0.120. The third kappa shape index (κ3) is 6.68. The summed E-state index contributed by atoms with van der Waals surface area (Å²) in [6.45, 7) is 6.87. The predicted octanol–water partition coefficient (Wildman–Crippen LogP) is 3.03. The minimum absolute atomic E-state index is 0.0358. The highest BCUT2D eigenvalue weighted by Crippen LogP contribution is 2.14. The van der Waals surface area contributed by atoms with E-state index in [1.165, 1.54) is 11.3 Å². The first-order valence-electron chi connectivity index (χ1n) is 8.25. The number of carbonyl (C=O) groups excluding carboxylic acids is 2. The number of aryl methyl sites for hydroxylation is 1. The molecule has 0 atom stereocenters. The van der Waals surface area contributed by atoms with Crippen molar-refractivity contribution in [2.45, 2.75) is 40.0 Å². The predicted molar refractivity (Wildman–Crippen MR) is 99.6 cm³/mol. The van der Waals surface area contributed by atoms with Gasteiger partial charge < -0.3 is 15.4 Å². The first-order chi connectivity index (χ1) is 11.9. The lowest BCUT2D eigenvalue weighted by atomic mass is 10.1. The Kier molecular flexibility index (Phi) is 7.16. The van der Waals surface area contributed by atoms with Crippen molar-refractivity contribution in [3.8, 4) is 0 Å². The summed E-state index contributed by atoms with van der Waals surface area (Å²) in [5.41, 5.74) is 2.07. The van der Waals surface area contributed by atoms with Gasteiger partial charge in [0.05, 0.1) is 24.1 Å². The molecule has 25 heavy (non-hydrogen) atoms. The van der Waals surface area contributed by atoms with Gasteiger partial charge in [0, 0.05) is 11.4 Å². The Morgan fingerprint density at radius 2 is 1.88 bits per heavy atom. The van der Waals surface area contributed by atoms with Crippen LogP contribution in [0.4, 0.5) is 0 Å². The average molecular weight is 360 g/mol. The highest BCUT2D eigenvalue weighted by Gasteiger charge is 2.09. The van der Waals surface area contributed by atoms with Crippen molar-refractivity contribution < 1.29 is 14.3 Å².